The van der Waals surface area contributed by atoms with Crippen LogP contribution in [0.2, 0.25) is 0 Å². The van der Waals surface area contributed by atoms with Crippen LogP contribution in [0.15, 0.2) is 0 Å². The Morgan fingerprint density at radius 1 is 1.57 bits per heavy atom. The molecular weight excluding hydrogens is 117 g/mol. The van der Waals surface area contributed by atoms with Crippen molar-refractivity contribution in [2.45, 2.75) is 12.5 Å². The van der Waals surface area contributed by atoms with Gasteiger partial charge in [0.1, 0.15) is 0 Å². The zero-order chi connectivity index (χ0) is 4.41. The van der Waals surface area contributed by atoms with Crippen LogP contribution in [-0.4, -0.2) is 19.2 Å². The third-order valence-electron chi connectivity index (χ3n) is 1.02. The van der Waals surface area contributed by atoms with E-state index in [-0.39, 0.29) is 57.5 Å². The van der Waals surface area contributed by atoms with E-state index in [1.54, 1.807) is 0 Å². The van der Waals surface area contributed by atoms with E-state index >= 15 is 0 Å². The molecule has 1 fully saturated rings. The van der Waals surface area contributed by atoms with E-state index in [2.05, 4.69) is 5.32 Å². The van der Waals surface area contributed by atoms with E-state index in [0.29, 0.717) is 6.54 Å². The molecule has 1 aliphatic heterocycles. The van der Waals surface area contributed by atoms with Gasteiger partial charge in [-0.05, 0) is 13.1 Å². The molecule has 0 radical (unpaired) electrons. The van der Waals surface area contributed by atoms with Crippen molar-refractivity contribution in [1.82, 2.24) is 5.32 Å². The topological polar surface area (TPSA) is 35.1 Å². The van der Waals surface area contributed by atoms with Crippen molar-refractivity contribution in [1.29, 1.82) is 0 Å². The second-order valence-corrected chi connectivity index (χ2v) is 1.61. The Bertz CT molecular complexity index is 45.0. The average Bonchev–Trinajstić information content (AvgIpc) is 1.86. The fourth-order valence-corrected chi connectivity index (χ4v) is 0.628. The predicted octanol–water partition coefficient (Wildman–Crippen LogP) is -4.29. The van der Waals surface area contributed by atoms with Crippen molar-refractivity contribution >= 4 is 0 Å². The Kier molecular flexibility index (Phi) is 5.42. The van der Waals surface area contributed by atoms with Gasteiger partial charge in [-0.3, -0.25) is 0 Å². The molecular formula is C4H8KNO. The first-order valence-electron chi connectivity index (χ1n) is 2.26. The molecule has 0 aliphatic carbocycles. The Hall–Kier alpha value is 1.56. The van der Waals surface area contributed by atoms with Crippen molar-refractivity contribution in [3.8, 4) is 0 Å². The molecule has 1 saturated heterocycles. The van der Waals surface area contributed by atoms with Gasteiger partial charge in [0, 0.05) is 0 Å². The van der Waals surface area contributed by atoms with Gasteiger partial charge in [-0.1, -0.05) is 6.42 Å². The summed E-state index contributed by atoms with van der Waals surface area (Å²) in [5.74, 6) is 0. The Morgan fingerprint density at radius 2 is 2.29 bits per heavy atom. The van der Waals surface area contributed by atoms with Gasteiger partial charge in [0.2, 0.25) is 0 Å². The Balaban J connectivity index is 0.000000360. The maximum atomic E-state index is 10.3. The second-order valence-electron chi connectivity index (χ2n) is 1.61. The molecule has 1 N–H and O–H groups in total. The van der Waals surface area contributed by atoms with Gasteiger partial charge in [0.05, 0.1) is 0 Å². The maximum absolute atomic E-state index is 10.3. The summed E-state index contributed by atoms with van der Waals surface area (Å²) in [7, 11) is 0. The molecule has 7 heavy (non-hydrogen) atoms. The molecule has 0 spiro atoms. The number of rotatable bonds is 0. The molecule has 0 aromatic carbocycles. The second kappa shape index (κ2) is 4.44. The maximum Gasteiger partial charge on any atom is 1.00 e. The zero-order valence-corrected chi connectivity index (χ0v) is 7.73. The van der Waals surface area contributed by atoms with Crippen LogP contribution in [0.3, 0.4) is 0 Å². The van der Waals surface area contributed by atoms with Crippen LogP contribution >= 0.6 is 0 Å². The predicted molar refractivity (Wildman–Crippen MR) is 21.3 cm³/mol. The third kappa shape index (κ3) is 3.19. The van der Waals surface area contributed by atoms with E-state index in [0.717, 1.165) is 13.0 Å². The van der Waals surface area contributed by atoms with E-state index in [1.807, 2.05) is 0 Å². The van der Waals surface area contributed by atoms with Crippen molar-refractivity contribution in [3.05, 3.63) is 0 Å². The molecule has 0 saturated carbocycles. The third-order valence-corrected chi connectivity index (χ3v) is 1.02. The number of nitrogens with one attached hydrogen (secondary N) is 1. The van der Waals surface area contributed by atoms with Gasteiger partial charge >= 0.3 is 51.4 Å². The Morgan fingerprint density at radius 3 is 2.43 bits per heavy atom. The summed E-state index contributed by atoms with van der Waals surface area (Å²) in [6.45, 7) is 1.61. The molecule has 0 bridgehead atoms. The standard InChI is InChI=1S/C4H8NO.K/c6-4-1-2-5-3-4;/h4-5H,1-3H2;/q-1;+1. The van der Waals surface area contributed by atoms with Crippen LogP contribution in [0.1, 0.15) is 6.42 Å². The largest absolute Gasteiger partial charge is 1.00 e. The van der Waals surface area contributed by atoms with Crippen LogP contribution in [0.4, 0.5) is 0 Å². The molecule has 2 nitrogen and oxygen atoms in total. The Labute approximate surface area is 86.1 Å². The molecule has 1 unspecified atom stereocenters. The molecule has 1 heterocycles. The molecule has 1 atom stereocenters. The van der Waals surface area contributed by atoms with Crippen LogP contribution in [0, 0.1) is 0 Å². The van der Waals surface area contributed by atoms with Gasteiger partial charge in [0.15, 0.2) is 0 Å². The van der Waals surface area contributed by atoms with Gasteiger partial charge < -0.3 is 10.4 Å². The molecule has 36 valence electrons. The summed E-state index contributed by atoms with van der Waals surface area (Å²) in [6.07, 6.45) is 0.505. The summed E-state index contributed by atoms with van der Waals surface area (Å²) in [6, 6.07) is 0. The number of hydrogen-bond acceptors (Lipinski definition) is 2. The first-order chi connectivity index (χ1) is 2.89. The minimum absolute atomic E-state index is 0. The summed E-state index contributed by atoms with van der Waals surface area (Å²) < 4.78 is 0. The van der Waals surface area contributed by atoms with Crippen LogP contribution < -0.4 is 61.8 Å². The molecule has 3 heteroatoms. The minimum Gasteiger partial charge on any atom is -0.851 e. The van der Waals surface area contributed by atoms with Gasteiger partial charge in [-0.15, -0.1) is 6.10 Å². The van der Waals surface area contributed by atoms with Gasteiger partial charge in [-0.2, -0.15) is 0 Å². The summed E-state index contributed by atoms with van der Waals surface area (Å²) >= 11 is 0. The SMILES string of the molecule is [K+].[O-]C1CCNC1. The van der Waals surface area contributed by atoms with Crippen molar-refractivity contribution in [2.24, 2.45) is 0 Å². The molecule has 1 aliphatic rings. The first-order valence-corrected chi connectivity index (χ1v) is 2.26. The molecule has 1 rings (SSSR count). The molecule has 0 aromatic heterocycles. The fourth-order valence-electron chi connectivity index (χ4n) is 0.628. The summed E-state index contributed by atoms with van der Waals surface area (Å²) in [5, 5.41) is 13.2. The molecule has 0 amide bonds. The van der Waals surface area contributed by atoms with E-state index in [4.69, 9.17) is 0 Å². The molecule has 0 aromatic rings. The van der Waals surface area contributed by atoms with Crippen molar-refractivity contribution < 1.29 is 56.5 Å². The van der Waals surface area contributed by atoms with E-state index in [1.165, 1.54) is 0 Å². The zero-order valence-electron chi connectivity index (χ0n) is 4.61. The van der Waals surface area contributed by atoms with E-state index in [9.17, 15) is 5.11 Å². The quantitative estimate of drug-likeness (QED) is 0.333. The smallest absolute Gasteiger partial charge is 0.851 e. The average molecular weight is 125 g/mol. The summed E-state index contributed by atoms with van der Waals surface area (Å²) in [4.78, 5) is 0. The van der Waals surface area contributed by atoms with Gasteiger partial charge in [0.25, 0.3) is 0 Å². The van der Waals surface area contributed by atoms with Crippen LogP contribution in [-0.2, 0) is 0 Å². The minimum atomic E-state index is -0.315. The fraction of sp³-hybridized carbons (Fsp3) is 1.00. The van der Waals surface area contributed by atoms with Crippen LogP contribution in [0.25, 0.3) is 0 Å². The van der Waals surface area contributed by atoms with Crippen molar-refractivity contribution in [2.75, 3.05) is 13.1 Å². The van der Waals surface area contributed by atoms with Gasteiger partial charge in [-0.25, -0.2) is 0 Å². The number of hydrogen-bond donors (Lipinski definition) is 1. The summed E-state index contributed by atoms with van der Waals surface area (Å²) in [5.41, 5.74) is 0. The monoisotopic (exact) mass is 125 g/mol. The van der Waals surface area contributed by atoms with Crippen molar-refractivity contribution in [3.63, 3.8) is 0 Å². The normalized spacial score (nSPS) is 29.6. The van der Waals surface area contributed by atoms with E-state index < -0.39 is 0 Å². The first kappa shape index (κ1) is 8.56. The van der Waals surface area contributed by atoms with Crippen LogP contribution in [0.5, 0.6) is 0 Å².